The van der Waals surface area contributed by atoms with Crippen LogP contribution in [0.1, 0.15) is 25.7 Å². The van der Waals surface area contributed by atoms with E-state index in [2.05, 4.69) is 28.6 Å². The first-order chi connectivity index (χ1) is 7.88. The number of piperidine rings is 1. The SMILES string of the molecule is C=CCN1CCC(NC2CCCSC2)CC1. The van der Waals surface area contributed by atoms with Crippen LogP contribution in [0.3, 0.4) is 0 Å². The zero-order chi connectivity index (χ0) is 11.2. The molecule has 16 heavy (non-hydrogen) atoms. The van der Waals surface area contributed by atoms with Crippen molar-refractivity contribution in [1.29, 1.82) is 0 Å². The van der Waals surface area contributed by atoms with Crippen LogP contribution in [0.4, 0.5) is 0 Å². The zero-order valence-corrected chi connectivity index (χ0v) is 11.0. The van der Waals surface area contributed by atoms with Crippen LogP contribution in [0.25, 0.3) is 0 Å². The van der Waals surface area contributed by atoms with E-state index in [9.17, 15) is 0 Å². The van der Waals surface area contributed by atoms with Gasteiger partial charge in [-0.05, 0) is 44.5 Å². The molecular formula is C13H24N2S. The molecule has 0 bridgehead atoms. The Balaban J connectivity index is 1.66. The summed E-state index contributed by atoms with van der Waals surface area (Å²) < 4.78 is 0. The second-order valence-electron chi connectivity index (χ2n) is 4.94. The summed E-state index contributed by atoms with van der Waals surface area (Å²) in [6.45, 7) is 7.35. The standard InChI is InChI=1S/C13H24N2S/c1-2-7-15-8-5-12(6-9-15)14-13-4-3-10-16-11-13/h2,12-14H,1,3-11H2. The first kappa shape index (κ1) is 12.5. The maximum atomic E-state index is 3.85. The summed E-state index contributed by atoms with van der Waals surface area (Å²) in [6, 6.07) is 1.56. The minimum atomic E-state index is 0.768. The first-order valence-electron chi connectivity index (χ1n) is 6.55. The fourth-order valence-corrected chi connectivity index (χ4v) is 3.76. The molecule has 0 radical (unpaired) electrons. The number of nitrogens with one attached hydrogen (secondary N) is 1. The molecule has 2 nitrogen and oxygen atoms in total. The molecule has 1 atom stereocenters. The molecule has 0 aromatic rings. The third-order valence-corrected chi connectivity index (χ3v) is 4.82. The average molecular weight is 240 g/mol. The van der Waals surface area contributed by atoms with Crippen LogP contribution in [0, 0.1) is 0 Å². The van der Waals surface area contributed by atoms with Gasteiger partial charge in [-0.2, -0.15) is 11.8 Å². The van der Waals surface area contributed by atoms with E-state index in [0.29, 0.717) is 0 Å². The number of hydrogen-bond acceptors (Lipinski definition) is 3. The van der Waals surface area contributed by atoms with Gasteiger partial charge in [-0.3, -0.25) is 4.90 Å². The number of nitrogens with zero attached hydrogens (tertiary/aromatic N) is 1. The molecule has 92 valence electrons. The highest BCUT2D eigenvalue weighted by molar-refractivity contribution is 7.99. The maximum Gasteiger partial charge on any atom is 0.0161 e. The molecule has 2 aliphatic heterocycles. The summed E-state index contributed by atoms with van der Waals surface area (Å²) in [5, 5.41) is 3.85. The lowest BCUT2D eigenvalue weighted by Crippen LogP contribution is -2.47. The highest BCUT2D eigenvalue weighted by Crippen LogP contribution is 2.19. The van der Waals surface area contributed by atoms with E-state index in [0.717, 1.165) is 18.6 Å². The molecule has 1 N–H and O–H groups in total. The molecule has 2 rings (SSSR count). The summed E-state index contributed by atoms with van der Waals surface area (Å²) in [4.78, 5) is 2.50. The average Bonchev–Trinajstić information content (AvgIpc) is 2.33. The van der Waals surface area contributed by atoms with Crippen molar-refractivity contribution in [2.24, 2.45) is 0 Å². The first-order valence-corrected chi connectivity index (χ1v) is 7.71. The molecule has 2 heterocycles. The molecule has 1 unspecified atom stereocenters. The topological polar surface area (TPSA) is 15.3 Å². The molecule has 0 amide bonds. The van der Waals surface area contributed by atoms with Gasteiger partial charge < -0.3 is 5.32 Å². The highest BCUT2D eigenvalue weighted by Gasteiger charge is 2.22. The van der Waals surface area contributed by atoms with Crippen molar-refractivity contribution in [3.8, 4) is 0 Å². The molecule has 2 fully saturated rings. The van der Waals surface area contributed by atoms with Gasteiger partial charge in [0.1, 0.15) is 0 Å². The molecule has 0 spiro atoms. The monoisotopic (exact) mass is 240 g/mol. The molecule has 2 saturated heterocycles. The van der Waals surface area contributed by atoms with Gasteiger partial charge in [0.15, 0.2) is 0 Å². The second kappa shape index (κ2) is 6.67. The minimum Gasteiger partial charge on any atom is -0.310 e. The third-order valence-electron chi connectivity index (χ3n) is 3.61. The van der Waals surface area contributed by atoms with E-state index in [4.69, 9.17) is 0 Å². The third kappa shape index (κ3) is 3.79. The Morgan fingerprint density at radius 1 is 1.25 bits per heavy atom. The van der Waals surface area contributed by atoms with E-state index in [1.54, 1.807) is 0 Å². The molecule has 0 saturated carbocycles. The Morgan fingerprint density at radius 2 is 2.06 bits per heavy atom. The zero-order valence-electron chi connectivity index (χ0n) is 10.2. The Bertz CT molecular complexity index is 206. The number of hydrogen-bond donors (Lipinski definition) is 1. The van der Waals surface area contributed by atoms with Crippen molar-refractivity contribution < 1.29 is 0 Å². The van der Waals surface area contributed by atoms with Gasteiger partial charge in [0.25, 0.3) is 0 Å². The smallest absolute Gasteiger partial charge is 0.0161 e. The molecule has 2 aliphatic rings. The lowest BCUT2D eigenvalue weighted by Gasteiger charge is -2.35. The van der Waals surface area contributed by atoms with Gasteiger partial charge in [0, 0.05) is 24.4 Å². The Hall–Kier alpha value is 0.0100. The predicted molar refractivity (Wildman–Crippen MR) is 73.1 cm³/mol. The van der Waals surface area contributed by atoms with Crippen molar-refractivity contribution in [2.75, 3.05) is 31.1 Å². The molecule has 3 heteroatoms. The van der Waals surface area contributed by atoms with Crippen molar-refractivity contribution >= 4 is 11.8 Å². The van der Waals surface area contributed by atoms with E-state index in [1.807, 2.05) is 6.08 Å². The second-order valence-corrected chi connectivity index (χ2v) is 6.09. The van der Waals surface area contributed by atoms with Crippen LogP contribution in [-0.4, -0.2) is 48.1 Å². The van der Waals surface area contributed by atoms with Gasteiger partial charge in [0.05, 0.1) is 0 Å². The lowest BCUT2D eigenvalue weighted by atomic mass is 10.0. The van der Waals surface area contributed by atoms with Gasteiger partial charge in [-0.25, -0.2) is 0 Å². The van der Waals surface area contributed by atoms with Crippen LogP contribution in [0.5, 0.6) is 0 Å². The summed E-state index contributed by atoms with van der Waals surface area (Å²) >= 11 is 2.11. The Labute approximate surface area is 104 Å². The quantitative estimate of drug-likeness (QED) is 0.758. The maximum absolute atomic E-state index is 3.85. The van der Waals surface area contributed by atoms with E-state index in [-0.39, 0.29) is 0 Å². The van der Waals surface area contributed by atoms with Crippen molar-refractivity contribution in [3.63, 3.8) is 0 Å². The van der Waals surface area contributed by atoms with Gasteiger partial charge in [-0.1, -0.05) is 6.08 Å². The molecular weight excluding hydrogens is 216 g/mol. The lowest BCUT2D eigenvalue weighted by molar-refractivity contribution is 0.207. The van der Waals surface area contributed by atoms with Gasteiger partial charge >= 0.3 is 0 Å². The van der Waals surface area contributed by atoms with Crippen LogP contribution >= 0.6 is 11.8 Å². The highest BCUT2D eigenvalue weighted by atomic mass is 32.2. The number of rotatable bonds is 4. The Kier molecular flexibility index (Phi) is 5.20. The van der Waals surface area contributed by atoms with Crippen LogP contribution < -0.4 is 5.32 Å². The fraction of sp³-hybridized carbons (Fsp3) is 0.846. The van der Waals surface area contributed by atoms with E-state index >= 15 is 0 Å². The van der Waals surface area contributed by atoms with E-state index < -0.39 is 0 Å². The summed E-state index contributed by atoms with van der Waals surface area (Å²) in [6.07, 6.45) is 7.44. The van der Waals surface area contributed by atoms with Crippen molar-refractivity contribution in [2.45, 2.75) is 37.8 Å². The van der Waals surface area contributed by atoms with Gasteiger partial charge in [-0.15, -0.1) is 6.58 Å². The van der Waals surface area contributed by atoms with Crippen LogP contribution in [0.15, 0.2) is 12.7 Å². The van der Waals surface area contributed by atoms with E-state index in [1.165, 1.54) is 50.3 Å². The van der Waals surface area contributed by atoms with Crippen molar-refractivity contribution in [3.05, 3.63) is 12.7 Å². The summed E-state index contributed by atoms with van der Waals surface area (Å²) in [5.74, 6) is 2.70. The number of thioether (sulfide) groups is 1. The number of likely N-dealkylation sites (tertiary alicyclic amines) is 1. The largest absolute Gasteiger partial charge is 0.310 e. The van der Waals surface area contributed by atoms with Crippen LogP contribution in [0.2, 0.25) is 0 Å². The van der Waals surface area contributed by atoms with Gasteiger partial charge in [0.2, 0.25) is 0 Å². The fourth-order valence-electron chi connectivity index (χ4n) is 2.67. The van der Waals surface area contributed by atoms with Crippen LogP contribution in [-0.2, 0) is 0 Å². The minimum absolute atomic E-state index is 0.768. The summed E-state index contributed by atoms with van der Waals surface area (Å²) in [5.41, 5.74) is 0. The normalized spacial score (nSPS) is 29.1. The van der Waals surface area contributed by atoms with Crippen molar-refractivity contribution in [1.82, 2.24) is 10.2 Å². The molecule has 0 aromatic carbocycles. The molecule has 0 aliphatic carbocycles. The summed E-state index contributed by atoms with van der Waals surface area (Å²) in [7, 11) is 0. The Morgan fingerprint density at radius 3 is 2.69 bits per heavy atom. The molecule has 0 aromatic heterocycles. The predicted octanol–water partition coefficient (Wildman–Crippen LogP) is 2.12.